The fourth-order valence-corrected chi connectivity index (χ4v) is 1.64. The molecule has 14 heavy (non-hydrogen) atoms. The summed E-state index contributed by atoms with van der Waals surface area (Å²) in [5.74, 6) is -2.81. The molecule has 0 bridgehead atoms. The molecular formula is C10H13F2NS. The van der Waals surface area contributed by atoms with Crippen LogP contribution < -0.4 is 5.73 Å². The second-order valence-corrected chi connectivity index (χ2v) is 3.85. The maximum atomic E-state index is 13.4. The molecule has 0 heterocycles. The number of hydrogen-bond donors (Lipinski definition) is 1. The van der Waals surface area contributed by atoms with E-state index in [1.54, 1.807) is 6.07 Å². The molecule has 2 N–H and O–H groups in total. The molecule has 0 saturated heterocycles. The van der Waals surface area contributed by atoms with E-state index in [9.17, 15) is 8.78 Å². The molecule has 0 unspecified atom stereocenters. The number of rotatable bonds is 4. The minimum atomic E-state index is -2.81. The first-order valence-electron chi connectivity index (χ1n) is 4.32. The molecule has 0 aliphatic heterocycles. The van der Waals surface area contributed by atoms with Crippen LogP contribution in [0.15, 0.2) is 29.2 Å². The fraction of sp³-hybridized carbons (Fsp3) is 0.400. The van der Waals surface area contributed by atoms with Gasteiger partial charge < -0.3 is 5.73 Å². The van der Waals surface area contributed by atoms with Crippen LogP contribution in [0.4, 0.5) is 8.78 Å². The molecule has 0 saturated carbocycles. The van der Waals surface area contributed by atoms with Gasteiger partial charge in [0.05, 0.1) is 0 Å². The van der Waals surface area contributed by atoms with Crippen molar-refractivity contribution in [2.24, 2.45) is 5.73 Å². The van der Waals surface area contributed by atoms with E-state index < -0.39 is 5.92 Å². The second-order valence-electron chi connectivity index (χ2n) is 2.98. The fourth-order valence-electron chi connectivity index (χ4n) is 1.18. The van der Waals surface area contributed by atoms with Crippen molar-refractivity contribution in [3.8, 4) is 0 Å². The Morgan fingerprint density at radius 3 is 2.71 bits per heavy atom. The first-order valence-corrected chi connectivity index (χ1v) is 5.55. The lowest BCUT2D eigenvalue weighted by Crippen LogP contribution is -2.18. The van der Waals surface area contributed by atoms with Gasteiger partial charge in [0.2, 0.25) is 0 Å². The zero-order valence-corrected chi connectivity index (χ0v) is 8.78. The van der Waals surface area contributed by atoms with E-state index >= 15 is 0 Å². The Balaban J connectivity index is 2.93. The highest BCUT2D eigenvalue weighted by Crippen LogP contribution is 2.32. The molecule has 0 aromatic heterocycles. The lowest BCUT2D eigenvalue weighted by Gasteiger charge is -2.16. The molecule has 1 rings (SSSR count). The zero-order chi connectivity index (χ0) is 10.6. The standard InChI is InChI=1S/C10H13F2NS/c1-14-9-4-2-3-8(7-9)10(11,12)5-6-13/h2-4,7H,5-6,13H2,1H3. The third-order valence-electron chi connectivity index (χ3n) is 1.95. The molecule has 78 valence electrons. The van der Waals surface area contributed by atoms with Gasteiger partial charge in [-0.25, -0.2) is 8.78 Å². The Kier molecular flexibility index (Phi) is 3.89. The van der Waals surface area contributed by atoms with Crippen LogP contribution in [0, 0.1) is 0 Å². The molecule has 1 aromatic rings. The normalized spacial score (nSPS) is 11.7. The van der Waals surface area contributed by atoms with Crippen molar-refractivity contribution >= 4 is 11.8 Å². The largest absolute Gasteiger partial charge is 0.330 e. The Morgan fingerprint density at radius 1 is 1.43 bits per heavy atom. The first kappa shape index (κ1) is 11.5. The van der Waals surface area contributed by atoms with Crippen molar-refractivity contribution < 1.29 is 8.78 Å². The summed E-state index contributed by atoms with van der Waals surface area (Å²) in [4.78, 5) is 0.846. The summed E-state index contributed by atoms with van der Waals surface area (Å²) in [6.07, 6.45) is 1.56. The smallest absolute Gasteiger partial charge is 0.274 e. The summed E-state index contributed by atoms with van der Waals surface area (Å²) in [6.45, 7) is -0.00348. The van der Waals surface area contributed by atoms with Gasteiger partial charge in [-0.1, -0.05) is 12.1 Å². The summed E-state index contributed by atoms with van der Waals surface area (Å²) >= 11 is 1.45. The summed E-state index contributed by atoms with van der Waals surface area (Å²) in [5, 5.41) is 0. The minimum Gasteiger partial charge on any atom is -0.330 e. The summed E-state index contributed by atoms with van der Waals surface area (Å²) < 4.78 is 26.8. The lowest BCUT2D eigenvalue weighted by atomic mass is 10.1. The van der Waals surface area contributed by atoms with E-state index in [2.05, 4.69) is 0 Å². The molecule has 0 aliphatic carbocycles. The quantitative estimate of drug-likeness (QED) is 0.785. The predicted molar refractivity (Wildman–Crippen MR) is 55.8 cm³/mol. The number of halogens is 2. The van der Waals surface area contributed by atoms with E-state index in [1.807, 2.05) is 12.3 Å². The highest BCUT2D eigenvalue weighted by molar-refractivity contribution is 7.98. The van der Waals surface area contributed by atoms with E-state index in [0.717, 1.165) is 4.90 Å². The van der Waals surface area contributed by atoms with E-state index in [-0.39, 0.29) is 18.5 Å². The topological polar surface area (TPSA) is 26.0 Å². The molecule has 0 aliphatic rings. The van der Waals surface area contributed by atoms with Crippen LogP contribution in [-0.2, 0) is 5.92 Å². The average molecular weight is 217 g/mol. The molecule has 0 atom stereocenters. The molecule has 0 radical (unpaired) electrons. The van der Waals surface area contributed by atoms with Crippen molar-refractivity contribution in [1.29, 1.82) is 0 Å². The Hall–Kier alpha value is -0.610. The maximum Gasteiger partial charge on any atom is 0.274 e. The van der Waals surface area contributed by atoms with Gasteiger partial charge >= 0.3 is 0 Å². The number of nitrogens with two attached hydrogens (primary N) is 1. The molecule has 0 fully saturated rings. The van der Waals surface area contributed by atoms with Gasteiger partial charge in [0, 0.05) is 16.9 Å². The van der Waals surface area contributed by atoms with E-state index in [1.165, 1.54) is 23.9 Å². The summed E-state index contributed by atoms with van der Waals surface area (Å²) in [6, 6.07) is 6.41. The van der Waals surface area contributed by atoms with Crippen molar-refractivity contribution in [3.05, 3.63) is 29.8 Å². The first-order chi connectivity index (χ1) is 6.60. The summed E-state index contributed by atoms with van der Waals surface area (Å²) in [7, 11) is 0. The van der Waals surface area contributed by atoms with Crippen molar-refractivity contribution in [2.45, 2.75) is 17.2 Å². The SMILES string of the molecule is CSc1cccc(C(F)(F)CCN)c1. The molecule has 4 heteroatoms. The lowest BCUT2D eigenvalue weighted by molar-refractivity contribution is -0.0109. The molecule has 0 amide bonds. The van der Waals surface area contributed by atoms with Gasteiger partial charge in [-0.3, -0.25) is 0 Å². The zero-order valence-electron chi connectivity index (χ0n) is 7.97. The van der Waals surface area contributed by atoms with Gasteiger partial charge in [-0.2, -0.15) is 0 Å². The maximum absolute atomic E-state index is 13.4. The van der Waals surface area contributed by atoms with Gasteiger partial charge in [0.25, 0.3) is 5.92 Å². The number of thioether (sulfide) groups is 1. The molecule has 1 nitrogen and oxygen atoms in total. The Morgan fingerprint density at radius 2 is 2.14 bits per heavy atom. The van der Waals surface area contributed by atoms with Crippen LogP contribution in [0.5, 0.6) is 0 Å². The van der Waals surface area contributed by atoms with Crippen LogP contribution in [0.3, 0.4) is 0 Å². The van der Waals surface area contributed by atoms with Crippen molar-refractivity contribution in [1.82, 2.24) is 0 Å². The third kappa shape index (κ3) is 2.69. The van der Waals surface area contributed by atoms with E-state index in [0.29, 0.717) is 0 Å². The Labute approximate surface area is 86.7 Å². The van der Waals surface area contributed by atoms with Crippen LogP contribution in [-0.4, -0.2) is 12.8 Å². The van der Waals surface area contributed by atoms with Gasteiger partial charge in [-0.05, 0) is 24.9 Å². The monoisotopic (exact) mass is 217 g/mol. The molecule has 1 aromatic carbocycles. The van der Waals surface area contributed by atoms with E-state index in [4.69, 9.17) is 5.73 Å². The van der Waals surface area contributed by atoms with Crippen molar-refractivity contribution in [3.63, 3.8) is 0 Å². The Bertz CT molecular complexity index is 302. The second kappa shape index (κ2) is 4.75. The van der Waals surface area contributed by atoms with Crippen LogP contribution in [0.25, 0.3) is 0 Å². The van der Waals surface area contributed by atoms with Gasteiger partial charge in [0.1, 0.15) is 0 Å². The average Bonchev–Trinajstić information content (AvgIpc) is 2.18. The predicted octanol–water partition coefficient (Wildman–Crippen LogP) is 2.85. The van der Waals surface area contributed by atoms with Crippen LogP contribution in [0.1, 0.15) is 12.0 Å². The van der Waals surface area contributed by atoms with Crippen LogP contribution in [0.2, 0.25) is 0 Å². The summed E-state index contributed by atoms with van der Waals surface area (Å²) in [5.41, 5.74) is 5.19. The number of alkyl halides is 2. The highest BCUT2D eigenvalue weighted by atomic mass is 32.2. The van der Waals surface area contributed by atoms with Gasteiger partial charge in [-0.15, -0.1) is 11.8 Å². The van der Waals surface area contributed by atoms with Crippen LogP contribution >= 0.6 is 11.8 Å². The third-order valence-corrected chi connectivity index (χ3v) is 2.68. The molecular weight excluding hydrogens is 204 g/mol. The number of hydrogen-bond acceptors (Lipinski definition) is 2. The minimum absolute atomic E-state index is 0.00348. The van der Waals surface area contributed by atoms with Gasteiger partial charge in [0.15, 0.2) is 0 Å². The van der Waals surface area contributed by atoms with Crippen molar-refractivity contribution in [2.75, 3.05) is 12.8 Å². The highest BCUT2D eigenvalue weighted by Gasteiger charge is 2.30. The number of benzene rings is 1. The molecule has 0 spiro atoms.